The second kappa shape index (κ2) is 12.4. The van der Waals surface area contributed by atoms with Gasteiger partial charge in [0, 0.05) is 11.6 Å². The van der Waals surface area contributed by atoms with Crippen LogP contribution in [0.2, 0.25) is 0 Å². The molecule has 5 rings (SSSR count). The summed E-state index contributed by atoms with van der Waals surface area (Å²) in [4.78, 5) is 12.5. The Labute approximate surface area is 242 Å². The molecule has 1 unspecified atom stereocenters. The van der Waals surface area contributed by atoms with Crippen molar-refractivity contribution in [3.63, 3.8) is 0 Å². The maximum atomic E-state index is 13.2. The van der Waals surface area contributed by atoms with Gasteiger partial charge in [-0.2, -0.15) is 5.26 Å². The van der Waals surface area contributed by atoms with Crippen LogP contribution in [0.25, 0.3) is 0 Å². The van der Waals surface area contributed by atoms with Crippen LogP contribution in [0.4, 0.5) is 4.39 Å². The number of nitriles is 1. The highest BCUT2D eigenvalue weighted by molar-refractivity contribution is 5.74. The fourth-order valence-electron chi connectivity index (χ4n) is 4.58. The summed E-state index contributed by atoms with van der Waals surface area (Å²) in [5.41, 5.74) is 9.44. The summed E-state index contributed by atoms with van der Waals surface area (Å²) in [5.74, 6) is 0.545. The second-order valence-electron chi connectivity index (χ2n) is 9.48. The van der Waals surface area contributed by atoms with Gasteiger partial charge in [-0.05, 0) is 60.0 Å². The van der Waals surface area contributed by atoms with Crippen molar-refractivity contribution in [3.8, 4) is 34.8 Å². The van der Waals surface area contributed by atoms with E-state index in [1.165, 1.54) is 19.2 Å². The first-order valence-corrected chi connectivity index (χ1v) is 13.0. The minimum Gasteiger partial charge on any atom is -0.493 e. The van der Waals surface area contributed by atoms with Crippen molar-refractivity contribution in [1.82, 2.24) is 0 Å². The zero-order chi connectivity index (χ0) is 29.6. The number of hydrogen-bond donors (Lipinski definition) is 1. The van der Waals surface area contributed by atoms with E-state index in [4.69, 9.17) is 29.4 Å². The Bertz CT molecular complexity index is 1690. The zero-order valence-corrected chi connectivity index (χ0v) is 22.9. The number of esters is 1. The maximum absolute atomic E-state index is 13.2. The predicted octanol–water partition coefficient (Wildman–Crippen LogP) is 5.92. The number of halogens is 1. The largest absolute Gasteiger partial charge is 0.493 e. The first kappa shape index (κ1) is 28.1. The molecule has 0 fully saturated rings. The molecular weight excluding hydrogens is 539 g/mol. The predicted molar refractivity (Wildman–Crippen MR) is 152 cm³/mol. The van der Waals surface area contributed by atoms with Crippen molar-refractivity contribution in [3.05, 3.63) is 124 Å². The summed E-state index contributed by atoms with van der Waals surface area (Å²) in [6, 6.07) is 25.7. The van der Waals surface area contributed by atoms with Gasteiger partial charge in [-0.15, -0.1) is 0 Å². The summed E-state index contributed by atoms with van der Waals surface area (Å²) in [6.45, 7) is 1.82. The van der Waals surface area contributed by atoms with Crippen LogP contribution in [0.15, 0.2) is 96.4 Å². The minimum absolute atomic E-state index is 0.0584. The summed E-state index contributed by atoms with van der Waals surface area (Å²) >= 11 is 0. The lowest BCUT2D eigenvalue weighted by atomic mass is 9.83. The molecule has 1 aliphatic rings. The highest BCUT2D eigenvalue weighted by Gasteiger charge is 2.32. The SMILES string of the molecule is COc1cc(C2C(C#N)=C(N)Oc3cc(OC(=O)COc4ccccc4C)ccc32)ccc1OCc1ccc(F)cc1. The average Bonchev–Trinajstić information content (AvgIpc) is 2.99. The van der Waals surface area contributed by atoms with E-state index in [9.17, 15) is 14.4 Å². The van der Waals surface area contributed by atoms with Gasteiger partial charge in [-0.3, -0.25) is 0 Å². The Morgan fingerprint density at radius 1 is 0.976 bits per heavy atom. The Morgan fingerprint density at radius 3 is 2.50 bits per heavy atom. The quantitative estimate of drug-likeness (QED) is 0.196. The summed E-state index contributed by atoms with van der Waals surface area (Å²) in [6.07, 6.45) is 0. The third-order valence-electron chi connectivity index (χ3n) is 6.69. The topological polar surface area (TPSA) is 113 Å². The number of carbonyl (C=O) groups excluding carboxylic acids is 1. The number of para-hydroxylation sites is 1. The highest BCUT2D eigenvalue weighted by atomic mass is 19.1. The van der Waals surface area contributed by atoms with Crippen molar-refractivity contribution >= 4 is 5.97 Å². The molecule has 1 aliphatic heterocycles. The summed E-state index contributed by atoms with van der Waals surface area (Å²) in [7, 11) is 1.51. The van der Waals surface area contributed by atoms with E-state index < -0.39 is 11.9 Å². The smallest absolute Gasteiger partial charge is 0.349 e. The average molecular weight is 567 g/mol. The number of rotatable bonds is 9. The van der Waals surface area contributed by atoms with Crippen LogP contribution in [-0.2, 0) is 11.4 Å². The molecule has 212 valence electrons. The van der Waals surface area contributed by atoms with Gasteiger partial charge < -0.3 is 29.4 Å². The zero-order valence-electron chi connectivity index (χ0n) is 22.9. The maximum Gasteiger partial charge on any atom is 0.349 e. The van der Waals surface area contributed by atoms with E-state index in [1.54, 1.807) is 48.5 Å². The lowest BCUT2D eigenvalue weighted by molar-refractivity contribution is -0.136. The number of nitrogens with zero attached hydrogens (tertiary/aromatic N) is 1. The molecule has 0 aliphatic carbocycles. The van der Waals surface area contributed by atoms with Gasteiger partial charge in [-0.25, -0.2) is 9.18 Å². The minimum atomic E-state index is -0.590. The molecular formula is C33H27FN2O6. The Kier molecular flexibility index (Phi) is 8.25. The van der Waals surface area contributed by atoms with Crippen LogP contribution in [0.3, 0.4) is 0 Å². The van der Waals surface area contributed by atoms with Crippen molar-refractivity contribution in [2.75, 3.05) is 13.7 Å². The van der Waals surface area contributed by atoms with Crippen LogP contribution < -0.4 is 29.4 Å². The van der Waals surface area contributed by atoms with Crippen molar-refractivity contribution in [2.24, 2.45) is 5.73 Å². The van der Waals surface area contributed by atoms with E-state index in [1.807, 2.05) is 31.2 Å². The molecule has 1 heterocycles. The number of methoxy groups -OCH3 is 1. The Morgan fingerprint density at radius 2 is 1.76 bits per heavy atom. The number of fused-ring (bicyclic) bond motifs is 1. The first-order valence-electron chi connectivity index (χ1n) is 13.0. The highest BCUT2D eigenvalue weighted by Crippen LogP contribution is 2.45. The molecule has 1 atom stereocenters. The molecule has 4 aromatic rings. The van der Waals surface area contributed by atoms with Gasteiger partial charge in [0.25, 0.3) is 0 Å². The van der Waals surface area contributed by atoms with Crippen LogP contribution in [0.1, 0.15) is 28.2 Å². The van der Waals surface area contributed by atoms with Crippen molar-refractivity contribution in [2.45, 2.75) is 19.4 Å². The molecule has 9 heteroatoms. The number of carbonyl (C=O) groups is 1. The lowest BCUT2D eigenvalue weighted by Gasteiger charge is -2.27. The molecule has 2 N–H and O–H groups in total. The fraction of sp³-hybridized carbons (Fsp3) is 0.152. The molecule has 8 nitrogen and oxygen atoms in total. The van der Waals surface area contributed by atoms with Gasteiger partial charge in [0.15, 0.2) is 18.1 Å². The van der Waals surface area contributed by atoms with E-state index in [0.29, 0.717) is 34.1 Å². The normalized spacial score (nSPS) is 13.8. The number of nitrogens with two attached hydrogens (primary N) is 1. The first-order chi connectivity index (χ1) is 20.4. The summed E-state index contributed by atoms with van der Waals surface area (Å²) < 4.78 is 41.5. The molecule has 0 aromatic heterocycles. The van der Waals surface area contributed by atoms with E-state index >= 15 is 0 Å². The van der Waals surface area contributed by atoms with Gasteiger partial charge in [-0.1, -0.05) is 42.5 Å². The van der Waals surface area contributed by atoms with Gasteiger partial charge in [0.2, 0.25) is 5.88 Å². The molecule has 0 radical (unpaired) electrons. The van der Waals surface area contributed by atoms with E-state index in [0.717, 1.165) is 11.1 Å². The van der Waals surface area contributed by atoms with E-state index in [2.05, 4.69) is 6.07 Å². The standard InChI is InChI=1S/C33H27FN2O6/c1-20-5-3-4-6-27(20)40-19-31(37)41-24-12-13-25-29(16-24)42-33(36)26(17-35)32(25)22-9-14-28(30(15-22)38-2)39-18-21-7-10-23(34)11-8-21/h3-16,32H,18-19,36H2,1-2H3. The van der Waals surface area contributed by atoms with Crippen molar-refractivity contribution < 1.29 is 32.9 Å². The van der Waals surface area contributed by atoms with Crippen molar-refractivity contribution in [1.29, 1.82) is 5.26 Å². The number of hydrogen-bond acceptors (Lipinski definition) is 8. The van der Waals surface area contributed by atoms with Crippen LogP contribution in [-0.4, -0.2) is 19.7 Å². The number of allylic oxidation sites excluding steroid dienone is 1. The Hall–Kier alpha value is -5.49. The molecule has 0 amide bonds. The number of benzene rings is 4. The molecule has 0 spiro atoms. The summed E-state index contributed by atoms with van der Waals surface area (Å²) in [5, 5.41) is 9.94. The van der Waals surface area contributed by atoms with Crippen LogP contribution >= 0.6 is 0 Å². The van der Waals surface area contributed by atoms with Gasteiger partial charge >= 0.3 is 5.97 Å². The molecule has 4 aromatic carbocycles. The van der Waals surface area contributed by atoms with Crippen LogP contribution in [0, 0.1) is 24.1 Å². The third-order valence-corrected chi connectivity index (χ3v) is 6.69. The Balaban J connectivity index is 1.36. The monoisotopic (exact) mass is 566 g/mol. The molecule has 42 heavy (non-hydrogen) atoms. The van der Waals surface area contributed by atoms with Crippen LogP contribution in [0.5, 0.6) is 28.7 Å². The van der Waals surface area contributed by atoms with E-state index in [-0.39, 0.29) is 36.2 Å². The van der Waals surface area contributed by atoms with Gasteiger partial charge in [0.05, 0.1) is 13.0 Å². The number of ether oxygens (including phenoxy) is 5. The fourth-order valence-corrected chi connectivity index (χ4v) is 4.58. The second-order valence-corrected chi connectivity index (χ2v) is 9.48. The lowest BCUT2D eigenvalue weighted by Crippen LogP contribution is -2.22. The number of aryl methyl sites for hydroxylation is 1. The molecule has 0 bridgehead atoms. The van der Waals surface area contributed by atoms with Gasteiger partial charge in [0.1, 0.15) is 41.3 Å². The molecule has 0 saturated heterocycles. The molecule has 0 saturated carbocycles. The third kappa shape index (κ3) is 6.13.